The van der Waals surface area contributed by atoms with Gasteiger partial charge < -0.3 is 9.15 Å². The standard InChI is InChI=1S/C22H17NO3/c1-14-8-9-17(12-15(14)2)22(24)25-18-10-11-19-20(13-18)26-21(23-19)16-6-4-3-5-7-16/h3-13H,1-2H3. The summed E-state index contributed by atoms with van der Waals surface area (Å²) in [6.45, 7) is 3.98. The fourth-order valence-electron chi connectivity index (χ4n) is 2.71. The molecule has 4 aromatic rings. The number of hydrogen-bond acceptors (Lipinski definition) is 4. The van der Waals surface area contributed by atoms with Crippen molar-refractivity contribution in [3.8, 4) is 17.2 Å². The van der Waals surface area contributed by atoms with Crippen LogP contribution in [0.3, 0.4) is 0 Å². The number of rotatable bonds is 3. The fourth-order valence-corrected chi connectivity index (χ4v) is 2.71. The average Bonchev–Trinajstić information content (AvgIpc) is 3.08. The predicted molar refractivity (Wildman–Crippen MR) is 100 cm³/mol. The SMILES string of the molecule is Cc1ccc(C(=O)Oc2ccc3nc(-c4ccccc4)oc3c2)cc1C. The second kappa shape index (κ2) is 6.48. The number of nitrogens with zero attached hydrogens (tertiary/aromatic N) is 1. The van der Waals surface area contributed by atoms with E-state index in [9.17, 15) is 4.79 Å². The number of esters is 1. The molecule has 1 heterocycles. The molecule has 128 valence electrons. The third-order valence-electron chi connectivity index (χ3n) is 4.33. The molecule has 0 saturated heterocycles. The van der Waals surface area contributed by atoms with Gasteiger partial charge in [0.05, 0.1) is 5.56 Å². The molecule has 0 radical (unpaired) electrons. The van der Waals surface area contributed by atoms with E-state index in [0.717, 1.165) is 22.2 Å². The Kier molecular flexibility index (Phi) is 4.01. The first kappa shape index (κ1) is 16.1. The molecule has 0 unspecified atom stereocenters. The number of carbonyl (C=O) groups is 1. The first-order valence-electron chi connectivity index (χ1n) is 8.35. The number of fused-ring (bicyclic) bond motifs is 1. The molecule has 0 spiro atoms. The molecule has 0 bridgehead atoms. The molecule has 0 aliphatic heterocycles. The molecule has 0 saturated carbocycles. The van der Waals surface area contributed by atoms with Crippen LogP contribution in [0.2, 0.25) is 0 Å². The van der Waals surface area contributed by atoms with Crippen LogP contribution < -0.4 is 4.74 Å². The zero-order valence-electron chi connectivity index (χ0n) is 14.5. The number of benzene rings is 3. The average molecular weight is 343 g/mol. The Morgan fingerprint density at radius 2 is 1.73 bits per heavy atom. The van der Waals surface area contributed by atoms with Crippen LogP contribution in [-0.2, 0) is 0 Å². The van der Waals surface area contributed by atoms with E-state index in [1.807, 2.05) is 56.3 Å². The van der Waals surface area contributed by atoms with Gasteiger partial charge in [-0.15, -0.1) is 0 Å². The smallest absolute Gasteiger partial charge is 0.343 e. The van der Waals surface area contributed by atoms with Gasteiger partial charge in [-0.2, -0.15) is 0 Å². The first-order chi connectivity index (χ1) is 12.6. The van der Waals surface area contributed by atoms with Crippen LogP contribution in [-0.4, -0.2) is 11.0 Å². The molecule has 0 amide bonds. The van der Waals surface area contributed by atoms with Crippen molar-refractivity contribution in [2.24, 2.45) is 0 Å². The highest BCUT2D eigenvalue weighted by Crippen LogP contribution is 2.27. The van der Waals surface area contributed by atoms with E-state index in [1.54, 1.807) is 24.3 Å². The molecule has 0 aliphatic rings. The highest BCUT2D eigenvalue weighted by molar-refractivity contribution is 5.92. The molecule has 1 aromatic heterocycles. The zero-order valence-corrected chi connectivity index (χ0v) is 14.5. The summed E-state index contributed by atoms with van der Waals surface area (Å²) in [5, 5.41) is 0. The van der Waals surface area contributed by atoms with E-state index >= 15 is 0 Å². The summed E-state index contributed by atoms with van der Waals surface area (Å²) < 4.78 is 11.3. The van der Waals surface area contributed by atoms with E-state index in [2.05, 4.69) is 4.98 Å². The van der Waals surface area contributed by atoms with Gasteiger partial charge in [0.15, 0.2) is 5.58 Å². The van der Waals surface area contributed by atoms with Gasteiger partial charge in [-0.05, 0) is 61.4 Å². The topological polar surface area (TPSA) is 52.3 Å². The zero-order chi connectivity index (χ0) is 18.1. The van der Waals surface area contributed by atoms with E-state index in [4.69, 9.17) is 9.15 Å². The lowest BCUT2D eigenvalue weighted by Crippen LogP contribution is -2.08. The lowest BCUT2D eigenvalue weighted by atomic mass is 10.1. The summed E-state index contributed by atoms with van der Waals surface area (Å²) in [7, 11) is 0. The molecule has 4 rings (SSSR count). The van der Waals surface area contributed by atoms with E-state index in [1.165, 1.54) is 0 Å². The van der Waals surface area contributed by atoms with E-state index in [0.29, 0.717) is 22.8 Å². The third-order valence-corrected chi connectivity index (χ3v) is 4.33. The second-order valence-electron chi connectivity index (χ2n) is 6.20. The summed E-state index contributed by atoms with van der Waals surface area (Å²) in [6, 6.07) is 20.4. The summed E-state index contributed by atoms with van der Waals surface area (Å²) in [6.07, 6.45) is 0. The Hall–Kier alpha value is -3.40. The molecule has 26 heavy (non-hydrogen) atoms. The van der Waals surface area contributed by atoms with Crippen molar-refractivity contribution in [3.63, 3.8) is 0 Å². The van der Waals surface area contributed by atoms with Crippen LogP contribution in [0.5, 0.6) is 5.75 Å². The lowest BCUT2D eigenvalue weighted by Gasteiger charge is -2.06. The third kappa shape index (κ3) is 3.09. The normalized spacial score (nSPS) is 10.8. The van der Waals surface area contributed by atoms with Gasteiger partial charge in [0.25, 0.3) is 0 Å². The van der Waals surface area contributed by atoms with Crippen molar-refractivity contribution in [3.05, 3.63) is 83.4 Å². The Labute approximate surface area is 151 Å². The van der Waals surface area contributed by atoms with Gasteiger partial charge in [-0.3, -0.25) is 0 Å². The second-order valence-corrected chi connectivity index (χ2v) is 6.20. The van der Waals surface area contributed by atoms with Crippen molar-refractivity contribution in [2.45, 2.75) is 13.8 Å². The maximum Gasteiger partial charge on any atom is 0.343 e. The van der Waals surface area contributed by atoms with Crippen molar-refractivity contribution in [2.75, 3.05) is 0 Å². The molecule has 4 nitrogen and oxygen atoms in total. The van der Waals surface area contributed by atoms with Crippen LogP contribution in [0.4, 0.5) is 0 Å². The minimum Gasteiger partial charge on any atom is -0.436 e. The van der Waals surface area contributed by atoms with Crippen LogP contribution in [0.1, 0.15) is 21.5 Å². The van der Waals surface area contributed by atoms with E-state index in [-0.39, 0.29) is 0 Å². The number of hydrogen-bond donors (Lipinski definition) is 0. The Morgan fingerprint density at radius 3 is 2.50 bits per heavy atom. The molecule has 0 N–H and O–H groups in total. The van der Waals surface area contributed by atoms with Gasteiger partial charge in [0.1, 0.15) is 11.3 Å². The molecular formula is C22H17NO3. The number of ether oxygens (including phenoxy) is 1. The largest absolute Gasteiger partial charge is 0.436 e. The first-order valence-corrected chi connectivity index (χ1v) is 8.35. The maximum absolute atomic E-state index is 12.4. The van der Waals surface area contributed by atoms with Gasteiger partial charge in [0, 0.05) is 11.6 Å². The quantitative estimate of drug-likeness (QED) is 0.373. The highest BCUT2D eigenvalue weighted by atomic mass is 16.5. The Morgan fingerprint density at radius 1 is 0.923 bits per heavy atom. The fraction of sp³-hybridized carbons (Fsp3) is 0.0909. The highest BCUT2D eigenvalue weighted by Gasteiger charge is 2.13. The molecule has 0 aliphatic carbocycles. The molecular weight excluding hydrogens is 326 g/mol. The summed E-state index contributed by atoms with van der Waals surface area (Å²) >= 11 is 0. The molecule has 0 atom stereocenters. The van der Waals surface area contributed by atoms with Crippen LogP contribution in [0.15, 0.2) is 71.1 Å². The number of aryl methyl sites for hydroxylation is 2. The van der Waals surface area contributed by atoms with Crippen LogP contribution >= 0.6 is 0 Å². The van der Waals surface area contributed by atoms with Crippen molar-refractivity contribution < 1.29 is 13.9 Å². The summed E-state index contributed by atoms with van der Waals surface area (Å²) in [4.78, 5) is 16.8. The van der Waals surface area contributed by atoms with Gasteiger partial charge >= 0.3 is 5.97 Å². The van der Waals surface area contributed by atoms with Crippen molar-refractivity contribution in [1.82, 2.24) is 4.98 Å². The predicted octanol–water partition coefficient (Wildman–Crippen LogP) is 5.33. The lowest BCUT2D eigenvalue weighted by molar-refractivity contribution is 0.0735. The Balaban J connectivity index is 1.61. The van der Waals surface area contributed by atoms with Crippen LogP contribution in [0.25, 0.3) is 22.6 Å². The molecule has 4 heteroatoms. The minimum absolute atomic E-state index is 0.393. The molecule has 3 aromatic carbocycles. The number of carbonyl (C=O) groups excluding carboxylic acids is 1. The van der Waals surface area contributed by atoms with Crippen molar-refractivity contribution in [1.29, 1.82) is 0 Å². The maximum atomic E-state index is 12.4. The van der Waals surface area contributed by atoms with Gasteiger partial charge in [-0.25, -0.2) is 9.78 Å². The summed E-state index contributed by atoms with van der Waals surface area (Å²) in [5.41, 5.74) is 4.91. The monoisotopic (exact) mass is 343 g/mol. The van der Waals surface area contributed by atoms with Gasteiger partial charge in [0.2, 0.25) is 5.89 Å². The number of aromatic nitrogens is 1. The van der Waals surface area contributed by atoms with Crippen LogP contribution in [0, 0.1) is 13.8 Å². The van der Waals surface area contributed by atoms with Crippen molar-refractivity contribution >= 4 is 17.1 Å². The minimum atomic E-state index is -0.393. The van der Waals surface area contributed by atoms with Gasteiger partial charge in [-0.1, -0.05) is 24.3 Å². The van der Waals surface area contributed by atoms with E-state index < -0.39 is 5.97 Å². The number of oxazole rings is 1. The molecule has 0 fully saturated rings. The Bertz CT molecular complexity index is 1100. The summed E-state index contributed by atoms with van der Waals surface area (Å²) in [5.74, 6) is 0.574.